The number of rotatable bonds is 65. The first-order chi connectivity index (χ1) is 39.5. The SMILES string of the molecule is CC/C=C\C/C=C\C/C=C\C/C=C\CCCCCCCCCCCCCCC(=O)OC(COC(=O)CCCCCCCC)COC(=O)CCCCCCCCCCCCCCCCCCCCC/C=C\CCCCCCCCCC. The monoisotopic (exact) mass is 1120 g/mol. The number of hydrogen-bond acceptors (Lipinski definition) is 6. The van der Waals surface area contributed by atoms with E-state index in [1.807, 2.05) is 0 Å². The van der Waals surface area contributed by atoms with E-state index in [1.54, 1.807) is 0 Å². The molecule has 0 aromatic rings. The molecule has 0 radical (unpaired) electrons. The Labute approximate surface area is 498 Å². The summed E-state index contributed by atoms with van der Waals surface area (Å²) in [6, 6.07) is 0. The Morgan fingerprint density at radius 2 is 0.487 bits per heavy atom. The van der Waals surface area contributed by atoms with Crippen molar-refractivity contribution in [3.05, 3.63) is 60.8 Å². The average molecular weight is 1120 g/mol. The van der Waals surface area contributed by atoms with Gasteiger partial charge in [0.1, 0.15) is 13.2 Å². The summed E-state index contributed by atoms with van der Waals surface area (Å²) in [6.07, 6.45) is 88.7. The van der Waals surface area contributed by atoms with Gasteiger partial charge < -0.3 is 14.2 Å². The molecule has 0 aromatic heterocycles. The fourth-order valence-electron chi connectivity index (χ4n) is 10.5. The molecular weight excluding hydrogens is 985 g/mol. The Morgan fingerprint density at radius 3 is 0.775 bits per heavy atom. The Kier molecular flexibility index (Phi) is 66.1. The summed E-state index contributed by atoms with van der Waals surface area (Å²) in [5, 5.41) is 0. The molecule has 0 saturated carbocycles. The summed E-state index contributed by atoms with van der Waals surface area (Å²) in [5.41, 5.74) is 0. The molecule has 0 aromatic carbocycles. The van der Waals surface area contributed by atoms with E-state index in [-0.39, 0.29) is 31.1 Å². The third-order valence-electron chi connectivity index (χ3n) is 15.8. The summed E-state index contributed by atoms with van der Waals surface area (Å²) in [5.74, 6) is -0.862. The number of carbonyl (C=O) groups is 3. The molecule has 0 fully saturated rings. The molecule has 0 aliphatic carbocycles. The first-order valence-electron chi connectivity index (χ1n) is 35.3. The van der Waals surface area contributed by atoms with Crippen LogP contribution >= 0.6 is 0 Å². The van der Waals surface area contributed by atoms with E-state index in [2.05, 4.69) is 81.5 Å². The van der Waals surface area contributed by atoms with Crippen LogP contribution < -0.4 is 0 Å². The smallest absolute Gasteiger partial charge is 0.306 e. The van der Waals surface area contributed by atoms with Crippen molar-refractivity contribution in [2.75, 3.05) is 13.2 Å². The minimum Gasteiger partial charge on any atom is -0.462 e. The molecule has 1 unspecified atom stereocenters. The molecule has 80 heavy (non-hydrogen) atoms. The number of esters is 3. The van der Waals surface area contributed by atoms with Crippen LogP contribution in [0.3, 0.4) is 0 Å². The van der Waals surface area contributed by atoms with E-state index in [4.69, 9.17) is 14.2 Å². The summed E-state index contributed by atoms with van der Waals surface area (Å²) < 4.78 is 16.9. The molecule has 0 aliphatic heterocycles. The standard InChI is InChI=1S/C74H134O6/c1-4-7-10-13-16-18-20-22-24-26-28-30-32-34-35-36-37-38-39-41-42-44-46-48-50-52-54-56-58-61-64-67-73(76)79-70-71(69-78-72(75)66-63-60-15-12-9-6-3)80-74(77)68-65-62-59-57-55-53-51-49-47-45-43-40-33-31-29-27-25-23-21-19-17-14-11-8-5-2/h8,11,17,19,23,25-26,28-29,31,71H,4-7,9-10,12-16,18,20-22,24,27,30,32-70H2,1-3H3/b11-8-,19-17-,25-23-,28-26-,31-29-. The molecule has 0 spiro atoms. The van der Waals surface area contributed by atoms with Crippen LogP contribution in [0.15, 0.2) is 60.8 Å². The van der Waals surface area contributed by atoms with Gasteiger partial charge in [0.15, 0.2) is 6.10 Å². The predicted molar refractivity (Wildman–Crippen MR) is 348 cm³/mol. The Morgan fingerprint density at radius 1 is 0.263 bits per heavy atom. The van der Waals surface area contributed by atoms with E-state index in [0.29, 0.717) is 19.3 Å². The van der Waals surface area contributed by atoms with Crippen LogP contribution in [0, 0.1) is 0 Å². The molecule has 0 amide bonds. The summed E-state index contributed by atoms with van der Waals surface area (Å²) in [6.45, 7) is 6.52. The van der Waals surface area contributed by atoms with Crippen LogP contribution in [0.5, 0.6) is 0 Å². The highest BCUT2D eigenvalue weighted by Gasteiger charge is 2.19. The second-order valence-electron chi connectivity index (χ2n) is 23.8. The van der Waals surface area contributed by atoms with Gasteiger partial charge in [0.05, 0.1) is 0 Å². The van der Waals surface area contributed by atoms with Crippen LogP contribution in [-0.4, -0.2) is 37.2 Å². The van der Waals surface area contributed by atoms with E-state index < -0.39 is 6.10 Å². The molecule has 0 saturated heterocycles. The summed E-state index contributed by atoms with van der Waals surface area (Å²) in [7, 11) is 0. The van der Waals surface area contributed by atoms with Gasteiger partial charge in [0.25, 0.3) is 0 Å². The number of ether oxygens (including phenoxy) is 3. The molecule has 1 atom stereocenters. The highest BCUT2D eigenvalue weighted by atomic mass is 16.6. The molecule has 0 bridgehead atoms. The van der Waals surface area contributed by atoms with Crippen molar-refractivity contribution >= 4 is 17.9 Å². The first kappa shape index (κ1) is 77.1. The number of carbonyl (C=O) groups excluding carboxylic acids is 3. The zero-order valence-corrected chi connectivity index (χ0v) is 53.6. The van der Waals surface area contributed by atoms with Crippen molar-refractivity contribution in [1.29, 1.82) is 0 Å². The predicted octanol–water partition coefficient (Wildman–Crippen LogP) is 24.3. The topological polar surface area (TPSA) is 78.9 Å². The van der Waals surface area contributed by atoms with Gasteiger partial charge in [0, 0.05) is 19.3 Å². The number of allylic oxidation sites excluding steroid dienone is 10. The van der Waals surface area contributed by atoms with Crippen LogP contribution in [-0.2, 0) is 28.6 Å². The minimum absolute atomic E-state index is 0.0705. The van der Waals surface area contributed by atoms with Gasteiger partial charge >= 0.3 is 17.9 Å². The maximum absolute atomic E-state index is 12.9. The lowest BCUT2D eigenvalue weighted by atomic mass is 10.0. The van der Waals surface area contributed by atoms with Crippen molar-refractivity contribution in [2.24, 2.45) is 0 Å². The zero-order valence-electron chi connectivity index (χ0n) is 53.6. The van der Waals surface area contributed by atoms with Crippen molar-refractivity contribution in [2.45, 2.75) is 380 Å². The van der Waals surface area contributed by atoms with Crippen molar-refractivity contribution < 1.29 is 28.6 Å². The third-order valence-corrected chi connectivity index (χ3v) is 15.8. The third kappa shape index (κ3) is 65.9. The largest absolute Gasteiger partial charge is 0.462 e. The first-order valence-corrected chi connectivity index (χ1v) is 35.3. The second-order valence-corrected chi connectivity index (χ2v) is 23.8. The highest BCUT2D eigenvalue weighted by molar-refractivity contribution is 5.71. The van der Waals surface area contributed by atoms with Gasteiger partial charge in [-0.3, -0.25) is 14.4 Å². The van der Waals surface area contributed by atoms with Crippen molar-refractivity contribution in [3.63, 3.8) is 0 Å². The van der Waals surface area contributed by atoms with E-state index >= 15 is 0 Å². The van der Waals surface area contributed by atoms with Crippen molar-refractivity contribution in [3.8, 4) is 0 Å². The lowest BCUT2D eigenvalue weighted by Gasteiger charge is -2.18. The lowest BCUT2D eigenvalue weighted by Crippen LogP contribution is -2.30. The minimum atomic E-state index is -0.771. The van der Waals surface area contributed by atoms with Crippen LogP contribution in [0.1, 0.15) is 374 Å². The van der Waals surface area contributed by atoms with Gasteiger partial charge in [-0.1, -0.05) is 332 Å². The number of unbranched alkanes of at least 4 members (excludes halogenated alkanes) is 44. The molecule has 0 heterocycles. The highest BCUT2D eigenvalue weighted by Crippen LogP contribution is 2.18. The van der Waals surface area contributed by atoms with Crippen LogP contribution in [0.25, 0.3) is 0 Å². The molecular formula is C74H134O6. The molecule has 6 nitrogen and oxygen atoms in total. The van der Waals surface area contributed by atoms with Crippen molar-refractivity contribution in [1.82, 2.24) is 0 Å². The zero-order chi connectivity index (χ0) is 57.8. The molecule has 466 valence electrons. The fourth-order valence-corrected chi connectivity index (χ4v) is 10.5. The van der Waals surface area contributed by atoms with Gasteiger partial charge in [-0.2, -0.15) is 0 Å². The van der Waals surface area contributed by atoms with Crippen LogP contribution in [0.2, 0.25) is 0 Å². The van der Waals surface area contributed by atoms with Gasteiger partial charge in [0.2, 0.25) is 0 Å². The Balaban J connectivity index is 3.98. The van der Waals surface area contributed by atoms with E-state index in [0.717, 1.165) is 83.5 Å². The molecule has 6 heteroatoms. The van der Waals surface area contributed by atoms with E-state index in [9.17, 15) is 14.4 Å². The normalized spacial score (nSPS) is 12.4. The average Bonchev–Trinajstić information content (AvgIpc) is 3.46. The van der Waals surface area contributed by atoms with Gasteiger partial charge in [-0.15, -0.1) is 0 Å². The fraction of sp³-hybridized carbons (Fsp3) is 0.824. The lowest BCUT2D eigenvalue weighted by molar-refractivity contribution is -0.167. The Hall–Kier alpha value is -2.89. The maximum Gasteiger partial charge on any atom is 0.306 e. The molecule has 0 rings (SSSR count). The quantitative estimate of drug-likeness (QED) is 0.0261. The van der Waals surface area contributed by atoms with Crippen LogP contribution in [0.4, 0.5) is 0 Å². The molecule has 0 N–H and O–H groups in total. The molecule has 0 aliphatic rings. The summed E-state index contributed by atoms with van der Waals surface area (Å²) in [4.78, 5) is 38.1. The summed E-state index contributed by atoms with van der Waals surface area (Å²) >= 11 is 0. The number of hydrogen-bond donors (Lipinski definition) is 0. The Bertz CT molecular complexity index is 1430. The maximum atomic E-state index is 12.9. The van der Waals surface area contributed by atoms with Gasteiger partial charge in [-0.25, -0.2) is 0 Å². The van der Waals surface area contributed by atoms with Gasteiger partial charge in [-0.05, 0) is 83.5 Å². The second kappa shape index (κ2) is 68.6. The van der Waals surface area contributed by atoms with E-state index in [1.165, 1.54) is 250 Å².